The normalized spacial score (nSPS) is 10.1. The molecule has 2 aromatic rings. The Hall–Kier alpha value is -1.88. The summed E-state index contributed by atoms with van der Waals surface area (Å²) in [7, 11) is 1.55. The number of hydrogen-bond acceptors (Lipinski definition) is 3. The molecule has 0 saturated heterocycles. The summed E-state index contributed by atoms with van der Waals surface area (Å²) in [5, 5.41) is 2.80. The molecule has 1 amide bonds. The van der Waals surface area contributed by atoms with E-state index < -0.39 is 0 Å². The van der Waals surface area contributed by atoms with E-state index in [2.05, 4.69) is 26.2 Å². The van der Waals surface area contributed by atoms with Crippen LogP contribution < -0.4 is 10.1 Å². The number of methoxy groups -OCH3 is 1. The van der Waals surface area contributed by atoms with Crippen molar-refractivity contribution in [2.75, 3.05) is 12.4 Å². The Morgan fingerprint density at radius 2 is 2.16 bits per heavy atom. The lowest BCUT2D eigenvalue weighted by Gasteiger charge is -2.11. The van der Waals surface area contributed by atoms with Crippen LogP contribution in [0.3, 0.4) is 0 Å². The van der Waals surface area contributed by atoms with E-state index in [1.54, 1.807) is 31.6 Å². The van der Waals surface area contributed by atoms with E-state index in [4.69, 9.17) is 4.74 Å². The SMILES string of the molecule is COc1ccncc1NC(=O)c1cccc(Br)c1C. The van der Waals surface area contributed by atoms with E-state index in [0.29, 0.717) is 17.0 Å². The molecular weight excluding hydrogens is 308 g/mol. The molecule has 1 heterocycles. The first-order valence-electron chi connectivity index (χ1n) is 5.68. The van der Waals surface area contributed by atoms with Crippen molar-refractivity contribution in [3.8, 4) is 5.75 Å². The van der Waals surface area contributed by atoms with Gasteiger partial charge in [-0.2, -0.15) is 0 Å². The zero-order valence-corrected chi connectivity index (χ0v) is 12.2. The molecule has 0 aliphatic carbocycles. The van der Waals surface area contributed by atoms with Gasteiger partial charge in [0.15, 0.2) is 0 Å². The Balaban J connectivity index is 2.28. The second-order valence-corrected chi connectivity index (χ2v) is 4.80. The Kier molecular flexibility index (Phi) is 4.16. The lowest BCUT2D eigenvalue weighted by Crippen LogP contribution is -2.14. The number of pyridine rings is 1. The highest BCUT2D eigenvalue weighted by atomic mass is 79.9. The number of halogens is 1. The molecule has 0 bridgehead atoms. The summed E-state index contributed by atoms with van der Waals surface area (Å²) < 4.78 is 6.07. The summed E-state index contributed by atoms with van der Waals surface area (Å²) in [6.07, 6.45) is 3.17. The summed E-state index contributed by atoms with van der Waals surface area (Å²) in [6, 6.07) is 7.20. The molecule has 0 unspecified atom stereocenters. The molecule has 1 N–H and O–H groups in total. The van der Waals surface area contributed by atoms with Crippen LogP contribution in [0.2, 0.25) is 0 Å². The quantitative estimate of drug-likeness (QED) is 0.942. The summed E-state index contributed by atoms with van der Waals surface area (Å²) >= 11 is 3.41. The van der Waals surface area contributed by atoms with E-state index in [1.165, 1.54) is 0 Å². The van der Waals surface area contributed by atoms with Gasteiger partial charge in [-0.05, 0) is 24.6 Å². The van der Waals surface area contributed by atoms with E-state index in [1.807, 2.05) is 19.1 Å². The third-order valence-electron chi connectivity index (χ3n) is 2.76. The summed E-state index contributed by atoms with van der Waals surface area (Å²) in [6.45, 7) is 1.89. The zero-order chi connectivity index (χ0) is 13.8. The first-order valence-corrected chi connectivity index (χ1v) is 6.47. The van der Waals surface area contributed by atoms with Gasteiger partial charge in [0.1, 0.15) is 11.4 Å². The minimum Gasteiger partial charge on any atom is -0.494 e. The van der Waals surface area contributed by atoms with Gasteiger partial charge in [-0.25, -0.2) is 0 Å². The van der Waals surface area contributed by atoms with Gasteiger partial charge in [0.25, 0.3) is 5.91 Å². The van der Waals surface area contributed by atoms with Gasteiger partial charge >= 0.3 is 0 Å². The molecule has 0 aliphatic rings. The van der Waals surface area contributed by atoms with Gasteiger partial charge in [-0.3, -0.25) is 9.78 Å². The van der Waals surface area contributed by atoms with E-state index in [-0.39, 0.29) is 5.91 Å². The van der Waals surface area contributed by atoms with Crippen LogP contribution in [0.4, 0.5) is 5.69 Å². The van der Waals surface area contributed by atoms with E-state index >= 15 is 0 Å². The molecule has 1 aromatic carbocycles. The van der Waals surface area contributed by atoms with Gasteiger partial charge in [0.2, 0.25) is 0 Å². The van der Waals surface area contributed by atoms with Crippen LogP contribution in [0.25, 0.3) is 0 Å². The first kappa shape index (κ1) is 13.5. The number of benzene rings is 1. The Labute approximate surface area is 119 Å². The lowest BCUT2D eigenvalue weighted by molar-refractivity contribution is 0.102. The molecule has 1 aromatic heterocycles. The van der Waals surface area contributed by atoms with Crippen LogP contribution in [0.1, 0.15) is 15.9 Å². The number of carbonyl (C=O) groups excluding carboxylic acids is 1. The predicted molar refractivity (Wildman–Crippen MR) is 77.6 cm³/mol. The van der Waals surface area contributed by atoms with Crippen LogP contribution in [-0.4, -0.2) is 18.0 Å². The third-order valence-corrected chi connectivity index (χ3v) is 3.62. The van der Waals surface area contributed by atoms with Crippen molar-refractivity contribution in [2.24, 2.45) is 0 Å². The molecule has 0 fully saturated rings. The summed E-state index contributed by atoms with van der Waals surface area (Å²) in [5.41, 5.74) is 2.05. The molecule has 4 nitrogen and oxygen atoms in total. The molecule has 5 heteroatoms. The number of rotatable bonds is 3. The average Bonchev–Trinajstić information content (AvgIpc) is 2.42. The highest BCUT2D eigenvalue weighted by Gasteiger charge is 2.13. The highest BCUT2D eigenvalue weighted by Crippen LogP contribution is 2.24. The number of aromatic nitrogens is 1. The van der Waals surface area contributed by atoms with Gasteiger partial charge < -0.3 is 10.1 Å². The number of carbonyl (C=O) groups is 1. The van der Waals surface area contributed by atoms with Crippen LogP contribution in [-0.2, 0) is 0 Å². The average molecular weight is 321 g/mol. The molecular formula is C14H13BrN2O2. The molecule has 0 saturated carbocycles. The molecule has 98 valence electrons. The van der Waals surface area contributed by atoms with Gasteiger partial charge in [-0.1, -0.05) is 22.0 Å². The number of ether oxygens (including phenoxy) is 1. The monoisotopic (exact) mass is 320 g/mol. The molecule has 0 radical (unpaired) electrons. The maximum absolute atomic E-state index is 12.2. The maximum atomic E-state index is 12.2. The standard InChI is InChI=1S/C14H13BrN2O2/c1-9-10(4-3-5-11(9)15)14(18)17-12-8-16-7-6-13(12)19-2/h3-8H,1-2H3,(H,17,18). The molecule has 2 rings (SSSR count). The number of amides is 1. The van der Waals surface area contributed by atoms with Crippen molar-refractivity contribution in [1.82, 2.24) is 4.98 Å². The Bertz CT molecular complexity index is 614. The van der Waals surface area contributed by atoms with Gasteiger partial charge in [0, 0.05) is 22.3 Å². The van der Waals surface area contributed by atoms with Crippen LogP contribution in [0.15, 0.2) is 41.1 Å². The van der Waals surface area contributed by atoms with E-state index in [0.717, 1.165) is 10.0 Å². The minimum atomic E-state index is -0.190. The largest absolute Gasteiger partial charge is 0.494 e. The fourth-order valence-electron chi connectivity index (χ4n) is 1.70. The first-order chi connectivity index (χ1) is 9.13. The van der Waals surface area contributed by atoms with Crippen LogP contribution >= 0.6 is 15.9 Å². The molecule has 0 aliphatic heterocycles. The highest BCUT2D eigenvalue weighted by molar-refractivity contribution is 9.10. The number of nitrogens with one attached hydrogen (secondary N) is 1. The van der Waals surface area contributed by atoms with Crippen molar-refractivity contribution in [3.05, 3.63) is 52.3 Å². The Morgan fingerprint density at radius 1 is 1.37 bits per heavy atom. The smallest absolute Gasteiger partial charge is 0.256 e. The van der Waals surface area contributed by atoms with Gasteiger partial charge in [0.05, 0.1) is 13.3 Å². The number of nitrogens with zero attached hydrogens (tertiary/aromatic N) is 1. The van der Waals surface area contributed by atoms with Crippen LogP contribution in [0, 0.1) is 6.92 Å². The molecule has 0 spiro atoms. The third kappa shape index (κ3) is 2.93. The van der Waals surface area contributed by atoms with E-state index in [9.17, 15) is 4.79 Å². The number of hydrogen-bond donors (Lipinski definition) is 1. The maximum Gasteiger partial charge on any atom is 0.256 e. The fourth-order valence-corrected chi connectivity index (χ4v) is 2.06. The second kappa shape index (κ2) is 5.84. The van der Waals surface area contributed by atoms with Crippen molar-refractivity contribution < 1.29 is 9.53 Å². The second-order valence-electron chi connectivity index (χ2n) is 3.94. The van der Waals surface area contributed by atoms with Crippen LogP contribution in [0.5, 0.6) is 5.75 Å². The zero-order valence-electron chi connectivity index (χ0n) is 10.6. The molecule has 19 heavy (non-hydrogen) atoms. The lowest BCUT2D eigenvalue weighted by atomic mass is 10.1. The fraction of sp³-hybridized carbons (Fsp3) is 0.143. The van der Waals surface area contributed by atoms with Crippen molar-refractivity contribution in [1.29, 1.82) is 0 Å². The minimum absolute atomic E-state index is 0.190. The summed E-state index contributed by atoms with van der Waals surface area (Å²) in [5.74, 6) is 0.390. The Morgan fingerprint density at radius 3 is 2.89 bits per heavy atom. The predicted octanol–water partition coefficient (Wildman–Crippen LogP) is 3.41. The number of anilines is 1. The molecule has 0 atom stereocenters. The van der Waals surface area contributed by atoms with Crippen molar-refractivity contribution in [3.63, 3.8) is 0 Å². The summed E-state index contributed by atoms with van der Waals surface area (Å²) in [4.78, 5) is 16.2. The van der Waals surface area contributed by atoms with Gasteiger partial charge in [-0.15, -0.1) is 0 Å². The topological polar surface area (TPSA) is 51.2 Å². The van der Waals surface area contributed by atoms with Crippen molar-refractivity contribution >= 4 is 27.5 Å². The van der Waals surface area contributed by atoms with Crippen molar-refractivity contribution in [2.45, 2.75) is 6.92 Å².